The van der Waals surface area contributed by atoms with Gasteiger partial charge in [0.25, 0.3) is 0 Å². The maximum Gasteiger partial charge on any atom is 0.223 e. The van der Waals surface area contributed by atoms with Gasteiger partial charge in [0, 0.05) is 30.0 Å². The molecule has 1 fully saturated rings. The number of benzene rings is 1. The lowest BCUT2D eigenvalue weighted by Crippen LogP contribution is -2.32. The van der Waals surface area contributed by atoms with Crippen LogP contribution < -0.4 is 20.1 Å². The van der Waals surface area contributed by atoms with E-state index in [1.165, 1.54) is 0 Å². The van der Waals surface area contributed by atoms with Crippen LogP contribution in [0.5, 0.6) is 11.5 Å². The van der Waals surface area contributed by atoms with Gasteiger partial charge >= 0.3 is 0 Å². The first kappa shape index (κ1) is 16.1. The number of halogens is 1. The molecule has 1 aliphatic carbocycles. The Morgan fingerprint density at radius 1 is 1.24 bits per heavy atom. The highest BCUT2D eigenvalue weighted by Crippen LogP contribution is 2.33. The monoisotopic (exact) mass is 356 g/mol. The maximum absolute atomic E-state index is 11.5. The summed E-state index contributed by atoms with van der Waals surface area (Å²) in [4.78, 5) is 11.5. The average Bonchev–Trinajstić information content (AvgIpc) is 3.32. The predicted molar refractivity (Wildman–Crippen MR) is 84.7 cm³/mol. The smallest absolute Gasteiger partial charge is 0.223 e. The highest BCUT2D eigenvalue weighted by Gasteiger charge is 2.28. The van der Waals surface area contributed by atoms with Crippen LogP contribution in [0.3, 0.4) is 0 Å². The third-order valence-corrected chi connectivity index (χ3v) is 4.16. The van der Waals surface area contributed by atoms with Gasteiger partial charge in [0.1, 0.15) is 0 Å². The van der Waals surface area contributed by atoms with Gasteiger partial charge in [-0.15, -0.1) is 0 Å². The van der Waals surface area contributed by atoms with E-state index < -0.39 is 0 Å². The lowest BCUT2D eigenvalue weighted by molar-refractivity contribution is -0.122. The summed E-state index contributed by atoms with van der Waals surface area (Å²) in [6, 6.07) is 3.84. The first-order valence-corrected chi connectivity index (χ1v) is 7.83. The number of ether oxygens (including phenoxy) is 2. The van der Waals surface area contributed by atoms with E-state index in [4.69, 9.17) is 9.47 Å². The summed E-state index contributed by atoms with van der Waals surface area (Å²) < 4.78 is 11.5. The van der Waals surface area contributed by atoms with E-state index in [1.54, 1.807) is 14.2 Å². The third-order valence-electron chi connectivity index (χ3n) is 3.42. The van der Waals surface area contributed by atoms with Crippen molar-refractivity contribution >= 4 is 21.8 Å². The van der Waals surface area contributed by atoms with E-state index >= 15 is 0 Å². The quantitative estimate of drug-likeness (QED) is 0.700. The zero-order valence-corrected chi connectivity index (χ0v) is 14.0. The Labute approximate surface area is 133 Å². The second-order valence-electron chi connectivity index (χ2n) is 5.04. The van der Waals surface area contributed by atoms with Crippen molar-refractivity contribution in [1.29, 1.82) is 0 Å². The molecule has 5 nitrogen and oxygen atoms in total. The summed E-state index contributed by atoms with van der Waals surface area (Å²) in [5.41, 5.74) is 1.08. The van der Waals surface area contributed by atoms with Crippen LogP contribution in [-0.4, -0.2) is 33.2 Å². The molecule has 0 unspecified atom stereocenters. The van der Waals surface area contributed by atoms with Crippen molar-refractivity contribution in [3.05, 3.63) is 22.2 Å². The number of carbonyl (C=O) groups excluding carboxylic acids is 1. The molecule has 21 heavy (non-hydrogen) atoms. The minimum absolute atomic E-state index is 0.184. The molecule has 0 radical (unpaired) electrons. The Kier molecular flexibility index (Phi) is 5.87. The highest BCUT2D eigenvalue weighted by atomic mass is 79.9. The zero-order chi connectivity index (χ0) is 15.2. The van der Waals surface area contributed by atoms with Crippen LogP contribution in [-0.2, 0) is 11.3 Å². The number of rotatable bonds is 8. The molecular weight excluding hydrogens is 336 g/mol. The van der Waals surface area contributed by atoms with Crippen molar-refractivity contribution < 1.29 is 14.3 Å². The van der Waals surface area contributed by atoms with Gasteiger partial charge in [-0.05, 0) is 30.5 Å². The van der Waals surface area contributed by atoms with Crippen molar-refractivity contribution in [2.45, 2.75) is 19.4 Å². The first-order chi connectivity index (χ1) is 10.2. The molecule has 0 spiro atoms. The van der Waals surface area contributed by atoms with Crippen molar-refractivity contribution in [1.82, 2.24) is 10.6 Å². The Bertz CT molecular complexity index is 504. The molecule has 0 atom stereocenters. The van der Waals surface area contributed by atoms with E-state index in [1.807, 2.05) is 12.1 Å². The topological polar surface area (TPSA) is 59.6 Å². The largest absolute Gasteiger partial charge is 0.493 e. The number of hydrogen-bond donors (Lipinski definition) is 2. The van der Waals surface area contributed by atoms with Gasteiger partial charge in [0.05, 0.1) is 14.2 Å². The van der Waals surface area contributed by atoms with Crippen LogP contribution in [0, 0.1) is 5.92 Å². The van der Waals surface area contributed by atoms with Crippen molar-refractivity contribution in [3.8, 4) is 11.5 Å². The second kappa shape index (κ2) is 7.66. The predicted octanol–water partition coefficient (Wildman–Crippen LogP) is 2.08. The number of methoxy groups -OCH3 is 2. The molecular formula is C15H21BrN2O3. The van der Waals surface area contributed by atoms with Crippen LogP contribution in [0.1, 0.15) is 18.4 Å². The summed E-state index contributed by atoms with van der Waals surface area (Å²) in [6.45, 7) is 2.08. The van der Waals surface area contributed by atoms with Crippen LogP contribution >= 0.6 is 15.9 Å². The molecule has 2 N–H and O–H groups in total. The molecule has 1 aliphatic rings. The van der Waals surface area contributed by atoms with Gasteiger partial charge in [-0.1, -0.05) is 15.9 Å². The van der Waals surface area contributed by atoms with Crippen LogP contribution in [0.15, 0.2) is 16.6 Å². The fourth-order valence-corrected chi connectivity index (χ4v) is 2.48. The van der Waals surface area contributed by atoms with E-state index in [0.29, 0.717) is 24.6 Å². The minimum Gasteiger partial charge on any atom is -0.493 e. The fraction of sp³-hybridized carbons (Fsp3) is 0.533. The zero-order valence-electron chi connectivity index (χ0n) is 12.4. The Morgan fingerprint density at radius 3 is 2.52 bits per heavy atom. The number of amides is 1. The van der Waals surface area contributed by atoms with Crippen LogP contribution in [0.25, 0.3) is 0 Å². The van der Waals surface area contributed by atoms with E-state index in [0.717, 1.165) is 29.4 Å². The average molecular weight is 357 g/mol. The number of nitrogens with one attached hydrogen (secondary N) is 2. The van der Waals surface area contributed by atoms with E-state index in [2.05, 4.69) is 26.6 Å². The van der Waals surface area contributed by atoms with Gasteiger partial charge in [-0.2, -0.15) is 0 Å². The van der Waals surface area contributed by atoms with E-state index in [-0.39, 0.29) is 11.8 Å². The maximum atomic E-state index is 11.5. The Hall–Kier alpha value is -1.27. The summed E-state index contributed by atoms with van der Waals surface area (Å²) in [6.07, 6.45) is 2.08. The van der Waals surface area contributed by atoms with Crippen LogP contribution in [0.4, 0.5) is 0 Å². The second-order valence-corrected chi connectivity index (χ2v) is 5.90. The van der Waals surface area contributed by atoms with Gasteiger partial charge < -0.3 is 20.1 Å². The molecule has 116 valence electrons. The normalized spacial score (nSPS) is 13.9. The highest BCUT2D eigenvalue weighted by molar-refractivity contribution is 9.10. The van der Waals surface area contributed by atoms with E-state index in [9.17, 15) is 4.79 Å². The molecule has 1 aromatic rings. The molecule has 0 aromatic heterocycles. The first-order valence-electron chi connectivity index (χ1n) is 7.04. The summed E-state index contributed by atoms with van der Waals surface area (Å²) >= 11 is 3.53. The fourth-order valence-electron chi connectivity index (χ4n) is 2.02. The molecule has 6 heteroatoms. The minimum atomic E-state index is 0.184. The number of hydrogen-bond acceptors (Lipinski definition) is 4. The molecule has 0 saturated heterocycles. The van der Waals surface area contributed by atoms with Crippen molar-refractivity contribution in [3.63, 3.8) is 0 Å². The molecule has 1 aromatic carbocycles. The summed E-state index contributed by atoms with van der Waals surface area (Å²) in [5, 5.41) is 6.23. The molecule has 0 aliphatic heterocycles. The van der Waals surface area contributed by atoms with Crippen molar-refractivity contribution in [2.75, 3.05) is 27.3 Å². The molecule has 0 bridgehead atoms. The number of carbonyl (C=O) groups is 1. The lowest BCUT2D eigenvalue weighted by atomic mass is 10.2. The van der Waals surface area contributed by atoms with Crippen LogP contribution in [0.2, 0.25) is 0 Å². The lowest BCUT2D eigenvalue weighted by Gasteiger charge is -2.12. The standard InChI is InChI=1S/C15H21BrN2O3/c1-20-13-7-11(12(16)8-14(13)21-2)9-17-5-6-18-15(19)10-3-4-10/h7-8,10,17H,3-6,9H2,1-2H3,(H,18,19). The Morgan fingerprint density at radius 2 is 1.90 bits per heavy atom. The molecule has 0 heterocycles. The molecule has 1 saturated carbocycles. The summed E-state index contributed by atoms with van der Waals surface area (Å²) in [7, 11) is 3.24. The van der Waals surface area contributed by atoms with Gasteiger partial charge in [0.2, 0.25) is 5.91 Å². The van der Waals surface area contributed by atoms with Gasteiger partial charge in [-0.3, -0.25) is 4.79 Å². The van der Waals surface area contributed by atoms with Gasteiger partial charge in [0.15, 0.2) is 11.5 Å². The third kappa shape index (κ3) is 4.61. The Balaban J connectivity index is 1.78. The molecule has 1 amide bonds. The van der Waals surface area contributed by atoms with Crippen molar-refractivity contribution in [2.24, 2.45) is 5.92 Å². The molecule has 2 rings (SSSR count). The SMILES string of the molecule is COc1cc(Br)c(CNCCNC(=O)C2CC2)cc1OC. The summed E-state index contributed by atoms with van der Waals surface area (Å²) in [5.74, 6) is 1.86. The van der Waals surface area contributed by atoms with Gasteiger partial charge in [-0.25, -0.2) is 0 Å².